The van der Waals surface area contributed by atoms with Crippen molar-refractivity contribution in [2.75, 3.05) is 23.9 Å². The van der Waals surface area contributed by atoms with E-state index in [0.717, 1.165) is 10.5 Å². The molecule has 0 radical (unpaired) electrons. The van der Waals surface area contributed by atoms with Gasteiger partial charge in [-0.2, -0.15) is 0 Å². The zero-order valence-electron chi connectivity index (χ0n) is 13.2. The maximum atomic E-state index is 12.5. The number of rotatable bonds is 3. The van der Waals surface area contributed by atoms with Crippen molar-refractivity contribution in [2.24, 2.45) is 4.99 Å². The number of benzodiazepines with no additional fused rings is 1. The van der Waals surface area contributed by atoms with Crippen LogP contribution in [0.15, 0.2) is 53.5 Å². The lowest BCUT2D eigenvalue weighted by atomic mass is 10.0. The molecule has 2 aromatic rings. The number of amides is 3. The standard InChI is InChI=1S/C18H15Cl2N3O2/c19-8-9-21-18(25)23-15-7-6-13(20)10-14(15)17(22-11-16(23)24)12-4-2-1-3-5-12/h1-7,10H,8-9,11H2,(H,21,25). The summed E-state index contributed by atoms with van der Waals surface area (Å²) in [6.45, 7) is 0.129. The van der Waals surface area contributed by atoms with Crippen molar-refractivity contribution in [1.29, 1.82) is 0 Å². The molecule has 0 spiro atoms. The zero-order chi connectivity index (χ0) is 17.8. The molecule has 0 saturated heterocycles. The second kappa shape index (κ2) is 7.68. The molecule has 0 aromatic heterocycles. The highest BCUT2D eigenvalue weighted by atomic mass is 35.5. The van der Waals surface area contributed by atoms with Crippen LogP contribution < -0.4 is 10.2 Å². The van der Waals surface area contributed by atoms with Crippen molar-refractivity contribution in [3.63, 3.8) is 0 Å². The Morgan fingerprint density at radius 2 is 1.96 bits per heavy atom. The summed E-state index contributed by atoms with van der Waals surface area (Å²) in [6.07, 6.45) is 0. The number of imide groups is 1. The smallest absolute Gasteiger partial charge is 0.328 e. The van der Waals surface area contributed by atoms with Gasteiger partial charge < -0.3 is 5.32 Å². The summed E-state index contributed by atoms with van der Waals surface area (Å²) in [7, 11) is 0. The first-order chi connectivity index (χ1) is 12.1. The van der Waals surface area contributed by atoms with Crippen molar-refractivity contribution in [2.45, 2.75) is 0 Å². The largest absolute Gasteiger partial charge is 0.336 e. The van der Waals surface area contributed by atoms with Crippen LogP contribution in [0, 0.1) is 0 Å². The third-order valence-electron chi connectivity index (χ3n) is 3.70. The number of anilines is 1. The van der Waals surface area contributed by atoms with E-state index >= 15 is 0 Å². The fourth-order valence-electron chi connectivity index (χ4n) is 2.63. The van der Waals surface area contributed by atoms with Crippen LogP contribution >= 0.6 is 23.2 Å². The Morgan fingerprint density at radius 3 is 2.68 bits per heavy atom. The van der Waals surface area contributed by atoms with Gasteiger partial charge in [0, 0.05) is 28.6 Å². The Morgan fingerprint density at radius 1 is 1.20 bits per heavy atom. The molecule has 0 atom stereocenters. The average Bonchev–Trinajstić information content (AvgIpc) is 2.76. The molecule has 1 heterocycles. The highest BCUT2D eigenvalue weighted by molar-refractivity contribution is 6.32. The molecule has 0 unspecified atom stereocenters. The highest BCUT2D eigenvalue weighted by Gasteiger charge is 2.29. The van der Waals surface area contributed by atoms with Gasteiger partial charge in [0.2, 0.25) is 0 Å². The molecule has 0 saturated carbocycles. The number of hydrogen-bond donors (Lipinski definition) is 1. The number of urea groups is 1. The molecule has 2 aromatic carbocycles. The molecule has 0 bridgehead atoms. The number of carbonyl (C=O) groups is 2. The lowest BCUT2D eigenvalue weighted by Gasteiger charge is -2.21. The number of alkyl halides is 1. The summed E-state index contributed by atoms with van der Waals surface area (Å²) in [4.78, 5) is 30.5. The van der Waals surface area contributed by atoms with E-state index in [0.29, 0.717) is 22.0 Å². The van der Waals surface area contributed by atoms with E-state index in [1.807, 2.05) is 30.3 Å². The third kappa shape index (κ3) is 3.67. The molecule has 1 aliphatic heterocycles. The number of benzene rings is 2. The lowest BCUT2D eigenvalue weighted by Crippen LogP contribution is -2.45. The minimum atomic E-state index is -0.529. The molecule has 5 nitrogen and oxygen atoms in total. The topological polar surface area (TPSA) is 61.8 Å². The van der Waals surface area contributed by atoms with Crippen LogP contribution in [0.4, 0.5) is 10.5 Å². The summed E-state index contributed by atoms with van der Waals surface area (Å²) in [5.41, 5.74) is 2.55. The van der Waals surface area contributed by atoms with Crippen LogP contribution in [0.25, 0.3) is 0 Å². The second-order valence-electron chi connectivity index (χ2n) is 5.34. The first-order valence-electron chi connectivity index (χ1n) is 7.68. The monoisotopic (exact) mass is 375 g/mol. The van der Waals surface area contributed by atoms with Crippen LogP contribution in [-0.4, -0.2) is 36.6 Å². The number of halogens is 2. The first-order valence-corrected chi connectivity index (χ1v) is 8.59. The van der Waals surface area contributed by atoms with Gasteiger partial charge in [0.15, 0.2) is 0 Å². The lowest BCUT2D eigenvalue weighted by molar-refractivity contribution is -0.116. The van der Waals surface area contributed by atoms with Gasteiger partial charge in [-0.1, -0.05) is 41.9 Å². The molecule has 3 amide bonds. The molecule has 1 aliphatic rings. The molecule has 1 N–H and O–H groups in total. The van der Waals surface area contributed by atoms with Crippen molar-refractivity contribution in [3.8, 4) is 0 Å². The van der Waals surface area contributed by atoms with E-state index in [4.69, 9.17) is 23.2 Å². The minimum Gasteiger partial charge on any atom is -0.336 e. The van der Waals surface area contributed by atoms with E-state index in [1.54, 1.807) is 18.2 Å². The number of aliphatic imine (C=N–C) groups is 1. The van der Waals surface area contributed by atoms with Gasteiger partial charge in [0.05, 0.1) is 11.4 Å². The van der Waals surface area contributed by atoms with Gasteiger partial charge >= 0.3 is 6.03 Å². The average molecular weight is 376 g/mol. The predicted molar refractivity (Wildman–Crippen MR) is 100 cm³/mol. The maximum Gasteiger partial charge on any atom is 0.328 e. The summed E-state index contributed by atoms with van der Waals surface area (Å²) >= 11 is 11.8. The van der Waals surface area contributed by atoms with E-state index in [2.05, 4.69) is 10.3 Å². The summed E-state index contributed by atoms with van der Waals surface area (Å²) in [5, 5.41) is 3.12. The van der Waals surface area contributed by atoms with E-state index in [-0.39, 0.29) is 19.0 Å². The van der Waals surface area contributed by atoms with Crippen molar-refractivity contribution < 1.29 is 9.59 Å². The Hall–Kier alpha value is -2.37. The van der Waals surface area contributed by atoms with Gasteiger partial charge in [-0.15, -0.1) is 11.6 Å². The fraction of sp³-hybridized carbons (Fsp3) is 0.167. The summed E-state index contributed by atoms with van der Waals surface area (Å²) in [6, 6.07) is 14.0. The molecule has 0 fully saturated rings. The molecular formula is C18H15Cl2N3O2. The number of carbonyl (C=O) groups excluding carboxylic acids is 2. The SMILES string of the molecule is O=C1CN=C(c2ccccc2)c2cc(Cl)ccc2N1C(=O)NCCCl. The van der Waals surface area contributed by atoms with Gasteiger partial charge in [-0.05, 0) is 18.2 Å². The number of nitrogens with zero attached hydrogens (tertiary/aromatic N) is 2. The Balaban J connectivity index is 2.12. The van der Waals surface area contributed by atoms with Crippen LogP contribution in [0.3, 0.4) is 0 Å². The minimum absolute atomic E-state index is 0.134. The quantitative estimate of drug-likeness (QED) is 0.834. The van der Waals surface area contributed by atoms with E-state index in [1.165, 1.54) is 0 Å². The third-order valence-corrected chi connectivity index (χ3v) is 4.12. The maximum absolute atomic E-state index is 12.5. The second-order valence-corrected chi connectivity index (χ2v) is 6.16. The highest BCUT2D eigenvalue weighted by Crippen LogP contribution is 2.29. The molecule has 7 heteroatoms. The van der Waals surface area contributed by atoms with Crippen LogP contribution in [-0.2, 0) is 4.79 Å². The summed E-state index contributed by atoms with van der Waals surface area (Å²) < 4.78 is 0. The number of hydrogen-bond acceptors (Lipinski definition) is 3. The van der Waals surface area contributed by atoms with E-state index in [9.17, 15) is 9.59 Å². The molecule has 128 valence electrons. The van der Waals surface area contributed by atoms with Gasteiger partial charge in [0.25, 0.3) is 5.91 Å². The Kier molecular flexibility index (Phi) is 5.36. The van der Waals surface area contributed by atoms with Crippen molar-refractivity contribution in [3.05, 3.63) is 64.7 Å². The normalized spacial score (nSPS) is 13.8. The van der Waals surface area contributed by atoms with E-state index < -0.39 is 11.9 Å². The van der Waals surface area contributed by atoms with Crippen molar-refractivity contribution >= 4 is 46.5 Å². The van der Waals surface area contributed by atoms with Crippen LogP contribution in [0.5, 0.6) is 0 Å². The Labute approximate surface area is 155 Å². The van der Waals surface area contributed by atoms with Gasteiger partial charge in [0.1, 0.15) is 6.54 Å². The first kappa shape index (κ1) is 17.5. The van der Waals surface area contributed by atoms with Crippen molar-refractivity contribution in [1.82, 2.24) is 5.32 Å². The molecule has 3 rings (SSSR count). The Bertz CT molecular complexity index is 837. The zero-order valence-corrected chi connectivity index (χ0v) is 14.7. The van der Waals surface area contributed by atoms with Gasteiger partial charge in [-0.3, -0.25) is 9.79 Å². The number of fused-ring (bicyclic) bond motifs is 1. The van der Waals surface area contributed by atoms with Gasteiger partial charge in [-0.25, -0.2) is 9.69 Å². The van der Waals surface area contributed by atoms with Crippen LogP contribution in [0.2, 0.25) is 5.02 Å². The molecule has 25 heavy (non-hydrogen) atoms. The fourth-order valence-corrected chi connectivity index (χ4v) is 2.90. The predicted octanol–water partition coefficient (Wildman–Crippen LogP) is 3.47. The molecule has 0 aliphatic carbocycles. The van der Waals surface area contributed by atoms with Crippen LogP contribution in [0.1, 0.15) is 11.1 Å². The number of nitrogens with one attached hydrogen (secondary N) is 1. The summed E-state index contributed by atoms with van der Waals surface area (Å²) in [5.74, 6) is -0.158. The molecular weight excluding hydrogens is 361 g/mol.